The number of aromatic nitrogens is 4. The molecule has 3 fully saturated rings. The molecule has 1 N–H and O–H groups in total. The summed E-state index contributed by atoms with van der Waals surface area (Å²) in [5.74, 6) is 1.45. The molecule has 2 aliphatic heterocycles. The predicted molar refractivity (Wildman–Crippen MR) is 95.3 cm³/mol. The summed E-state index contributed by atoms with van der Waals surface area (Å²) >= 11 is 0. The SMILES string of the molecule is O=C(N1CC[C@H](c2ncn[nH]2)C1)N1CC2(CC(Cc3cncc(F)c3)C2)C1. The van der Waals surface area contributed by atoms with Gasteiger partial charge in [-0.05, 0) is 43.2 Å². The quantitative estimate of drug-likeness (QED) is 0.899. The minimum absolute atomic E-state index is 0.153. The Balaban J connectivity index is 1.09. The van der Waals surface area contributed by atoms with Gasteiger partial charge in [0.25, 0.3) is 0 Å². The van der Waals surface area contributed by atoms with E-state index in [-0.39, 0.29) is 17.8 Å². The zero-order chi connectivity index (χ0) is 18.4. The summed E-state index contributed by atoms with van der Waals surface area (Å²) in [7, 11) is 0. The second-order valence-electron chi connectivity index (χ2n) is 8.43. The molecule has 27 heavy (non-hydrogen) atoms. The normalized spacial score (nSPS) is 24.1. The molecule has 5 rings (SSSR count). The number of carbonyl (C=O) groups excluding carboxylic acids is 1. The van der Waals surface area contributed by atoms with Crippen LogP contribution < -0.4 is 0 Å². The summed E-state index contributed by atoms with van der Waals surface area (Å²) < 4.78 is 13.3. The first-order valence-corrected chi connectivity index (χ1v) is 9.59. The van der Waals surface area contributed by atoms with E-state index in [9.17, 15) is 9.18 Å². The second-order valence-corrected chi connectivity index (χ2v) is 8.43. The third kappa shape index (κ3) is 3.07. The third-order valence-corrected chi connectivity index (χ3v) is 6.33. The molecule has 0 radical (unpaired) electrons. The van der Waals surface area contributed by atoms with Gasteiger partial charge in [-0.1, -0.05) is 0 Å². The lowest BCUT2D eigenvalue weighted by Crippen LogP contribution is -2.65. The van der Waals surface area contributed by atoms with Crippen molar-refractivity contribution in [1.82, 2.24) is 30.0 Å². The molecule has 0 aromatic carbocycles. The zero-order valence-corrected chi connectivity index (χ0v) is 15.1. The number of hydrogen-bond donors (Lipinski definition) is 1. The van der Waals surface area contributed by atoms with E-state index in [1.165, 1.54) is 12.5 Å². The van der Waals surface area contributed by atoms with Crippen LogP contribution in [0.2, 0.25) is 0 Å². The van der Waals surface area contributed by atoms with Crippen molar-refractivity contribution in [3.05, 3.63) is 42.0 Å². The van der Waals surface area contributed by atoms with E-state index in [2.05, 4.69) is 20.2 Å². The van der Waals surface area contributed by atoms with Crippen molar-refractivity contribution in [2.24, 2.45) is 11.3 Å². The van der Waals surface area contributed by atoms with Gasteiger partial charge < -0.3 is 9.80 Å². The fraction of sp³-hybridized carbons (Fsp3) is 0.579. The first-order valence-electron chi connectivity index (χ1n) is 9.59. The molecular weight excluding hydrogens is 347 g/mol. The monoisotopic (exact) mass is 370 g/mol. The molecule has 2 aromatic heterocycles. The third-order valence-electron chi connectivity index (χ3n) is 6.33. The van der Waals surface area contributed by atoms with Crippen molar-refractivity contribution in [2.45, 2.75) is 31.6 Å². The van der Waals surface area contributed by atoms with Gasteiger partial charge in [-0.25, -0.2) is 14.2 Å². The van der Waals surface area contributed by atoms with Crippen LogP contribution in [-0.2, 0) is 6.42 Å². The summed E-state index contributed by atoms with van der Waals surface area (Å²) in [4.78, 5) is 24.8. The van der Waals surface area contributed by atoms with Crippen LogP contribution in [0.1, 0.15) is 36.6 Å². The Labute approximate surface area is 157 Å². The molecule has 1 saturated carbocycles. The minimum Gasteiger partial charge on any atom is -0.324 e. The molecule has 1 atom stereocenters. The molecule has 2 aromatic rings. The molecule has 142 valence electrons. The van der Waals surface area contributed by atoms with E-state index in [1.54, 1.807) is 12.3 Å². The molecule has 0 unspecified atom stereocenters. The van der Waals surface area contributed by atoms with Crippen LogP contribution >= 0.6 is 0 Å². The molecular formula is C19H23FN6O. The molecule has 4 heterocycles. The van der Waals surface area contributed by atoms with Crippen molar-refractivity contribution in [1.29, 1.82) is 0 Å². The Bertz CT molecular complexity index is 826. The van der Waals surface area contributed by atoms with Gasteiger partial charge in [0.15, 0.2) is 0 Å². The Morgan fingerprint density at radius 1 is 1.30 bits per heavy atom. The number of urea groups is 1. The van der Waals surface area contributed by atoms with Crippen LogP contribution in [0.4, 0.5) is 9.18 Å². The minimum atomic E-state index is -0.267. The number of nitrogens with zero attached hydrogens (tertiary/aromatic N) is 5. The summed E-state index contributed by atoms with van der Waals surface area (Å²) in [5, 5.41) is 6.82. The maximum Gasteiger partial charge on any atom is 0.320 e. The van der Waals surface area contributed by atoms with E-state index < -0.39 is 0 Å². The molecule has 1 spiro atoms. The van der Waals surface area contributed by atoms with Crippen molar-refractivity contribution in [2.75, 3.05) is 26.2 Å². The number of H-pyrrole nitrogens is 1. The van der Waals surface area contributed by atoms with Crippen molar-refractivity contribution in [3.63, 3.8) is 0 Å². The van der Waals surface area contributed by atoms with Crippen LogP contribution in [0.15, 0.2) is 24.8 Å². The van der Waals surface area contributed by atoms with Gasteiger partial charge in [-0.3, -0.25) is 10.1 Å². The lowest BCUT2D eigenvalue weighted by Gasteiger charge is -2.59. The topological polar surface area (TPSA) is 78.0 Å². The Morgan fingerprint density at radius 2 is 2.15 bits per heavy atom. The van der Waals surface area contributed by atoms with Gasteiger partial charge in [0.2, 0.25) is 0 Å². The Kier molecular flexibility index (Phi) is 3.87. The number of aromatic amines is 1. The number of amides is 2. The molecule has 0 bridgehead atoms. The molecule has 7 nitrogen and oxygen atoms in total. The predicted octanol–water partition coefficient (Wildman–Crippen LogP) is 2.20. The number of nitrogens with one attached hydrogen (secondary N) is 1. The number of pyridine rings is 1. The highest BCUT2D eigenvalue weighted by atomic mass is 19.1. The lowest BCUT2D eigenvalue weighted by atomic mass is 9.56. The number of halogens is 1. The summed E-state index contributed by atoms with van der Waals surface area (Å²) in [5.41, 5.74) is 1.27. The van der Waals surface area contributed by atoms with Gasteiger partial charge in [0.1, 0.15) is 18.0 Å². The lowest BCUT2D eigenvalue weighted by molar-refractivity contribution is -0.0754. The van der Waals surface area contributed by atoms with E-state index >= 15 is 0 Å². The average Bonchev–Trinajstić information content (AvgIpc) is 3.25. The Hall–Kier alpha value is -2.51. The zero-order valence-electron chi connectivity index (χ0n) is 15.1. The van der Waals surface area contributed by atoms with Crippen LogP contribution in [0.5, 0.6) is 0 Å². The van der Waals surface area contributed by atoms with Crippen LogP contribution in [0.3, 0.4) is 0 Å². The highest BCUT2D eigenvalue weighted by molar-refractivity contribution is 5.76. The molecule has 8 heteroatoms. The molecule has 1 aliphatic carbocycles. The highest BCUT2D eigenvalue weighted by Gasteiger charge is 2.54. The maximum absolute atomic E-state index is 13.3. The molecule has 2 amide bonds. The van der Waals surface area contributed by atoms with E-state index in [4.69, 9.17) is 0 Å². The standard InChI is InChI=1S/C19H23FN6O/c20-16-4-13(7-21-8-16)3-14-5-19(6-14)10-26(11-19)18(27)25-2-1-15(9-25)17-22-12-23-24-17/h4,7-8,12,14-15H,1-3,5-6,9-11H2,(H,22,23,24)/t15-/m0/s1. The van der Waals surface area contributed by atoms with Gasteiger partial charge in [0.05, 0.1) is 6.20 Å². The summed E-state index contributed by atoms with van der Waals surface area (Å²) in [6.45, 7) is 3.20. The smallest absolute Gasteiger partial charge is 0.320 e. The van der Waals surface area contributed by atoms with Crippen LogP contribution in [-0.4, -0.2) is 62.2 Å². The number of rotatable bonds is 3. The van der Waals surface area contributed by atoms with Crippen LogP contribution in [0, 0.1) is 17.2 Å². The van der Waals surface area contributed by atoms with E-state index in [1.807, 2.05) is 9.80 Å². The van der Waals surface area contributed by atoms with Gasteiger partial charge in [0, 0.05) is 43.7 Å². The van der Waals surface area contributed by atoms with Crippen LogP contribution in [0.25, 0.3) is 0 Å². The fourth-order valence-electron chi connectivity index (χ4n) is 5.14. The molecule has 2 saturated heterocycles. The van der Waals surface area contributed by atoms with Gasteiger partial charge in [-0.2, -0.15) is 5.10 Å². The van der Waals surface area contributed by atoms with Gasteiger partial charge >= 0.3 is 6.03 Å². The van der Waals surface area contributed by atoms with E-state index in [0.29, 0.717) is 17.9 Å². The average molecular weight is 370 g/mol. The fourth-order valence-corrected chi connectivity index (χ4v) is 5.14. The first-order chi connectivity index (χ1) is 13.1. The highest BCUT2D eigenvalue weighted by Crippen LogP contribution is 2.53. The first kappa shape index (κ1) is 16.6. The van der Waals surface area contributed by atoms with Crippen molar-refractivity contribution >= 4 is 6.03 Å². The number of carbonyl (C=O) groups is 1. The van der Waals surface area contributed by atoms with E-state index in [0.717, 1.165) is 56.7 Å². The summed E-state index contributed by atoms with van der Waals surface area (Å²) in [6.07, 6.45) is 8.57. The van der Waals surface area contributed by atoms with Gasteiger partial charge in [-0.15, -0.1) is 0 Å². The number of hydrogen-bond acceptors (Lipinski definition) is 4. The van der Waals surface area contributed by atoms with Crippen molar-refractivity contribution in [3.8, 4) is 0 Å². The molecule has 3 aliphatic rings. The Morgan fingerprint density at radius 3 is 2.89 bits per heavy atom. The maximum atomic E-state index is 13.3. The second kappa shape index (κ2) is 6.28. The number of likely N-dealkylation sites (tertiary alicyclic amines) is 2. The largest absolute Gasteiger partial charge is 0.324 e. The summed E-state index contributed by atoms with van der Waals surface area (Å²) in [6, 6.07) is 1.73. The van der Waals surface area contributed by atoms with Crippen molar-refractivity contribution < 1.29 is 9.18 Å².